The van der Waals surface area contributed by atoms with Crippen molar-refractivity contribution in [3.8, 4) is 0 Å². The van der Waals surface area contributed by atoms with Crippen molar-refractivity contribution in [3.63, 3.8) is 0 Å². The Balaban J connectivity index is 2.42. The summed E-state index contributed by atoms with van der Waals surface area (Å²) < 4.78 is 0.884. The zero-order chi connectivity index (χ0) is 13.3. The molecule has 18 heavy (non-hydrogen) atoms. The van der Waals surface area contributed by atoms with Gasteiger partial charge in [0.25, 0.3) is 5.91 Å². The normalized spacial score (nSPS) is 10.4. The average molecular weight is 301 g/mol. The average Bonchev–Trinajstić information content (AvgIpc) is 2.63. The van der Waals surface area contributed by atoms with Gasteiger partial charge in [-0.1, -0.05) is 29.3 Å². The van der Waals surface area contributed by atoms with E-state index in [1.807, 2.05) is 6.07 Å². The second kappa shape index (κ2) is 5.26. The molecule has 6 heteroatoms. The third-order valence-corrected chi connectivity index (χ3v) is 4.07. The highest BCUT2D eigenvalue weighted by atomic mass is 35.5. The minimum absolute atomic E-state index is 0.307. The van der Waals surface area contributed by atoms with E-state index in [4.69, 9.17) is 23.2 Å². The Labute approximate surface area is 118 Å². The van der Waals surface area contributed by atoms with Crippen molar-refractivity contribution < 1.29 is 4.79 Å². The van der Waals surface area contributed by atoms with E-state index < -0.39 is 0 Å². The fourth-order valence-corrected chi connectivity index (χ4v) is 3.08. The number of thiophene rings is 1. The molecule has 0 radical (unpaired) electrons. The van der Waals surface area contributed by atoms with Crippen molar-refractivity contribution in [1.29, 1.82) is 0 Å². The molecule has 0 unspecified atom stereocenters. The van der Waals surface area contributed by atoms with E-state index in [2.05, 4.69) is 10.5 Å². The molecule has 1 amide bonds. The lowest BCUT2D eigenvalue weighted by Gasteiger charge is -1.97. The van der Waals surface area contributed by atoms with Crippen LogP contribution in [0.25, 0.3) is 10.1 Å². The van der Waals surface area contributed by atoms with Gasteiger partial charge in [0.15, 0.2) is 0 Å². The van der Waals surface area contributed by atoms with Crippen molar-refractivity contribution in [2.45, 2.75) is 13.8 Å². The molecule has 0 saturated heterocycles. The van der Waals surface area contributed by atoms with Gasteiger partial charge in [-0.3, -0.25) is 4.79 Å². The predicted molar refractivity (Wildman–Crippen MR) is 78.1 cm³/mol. The summed E-state index contributed by atoms with van der Waals surface area (Å²) in [6.45, 7) is 3.60. The van der Waals surface area contributed by atoms with E-state index in [9.17, 15) is 4.79 Å². The van der Waals surface area contributed by atoms with Crippen LogP contribution in [0, 0.1) is 0 Å². The van der Waals surface area contributed by atoms with Crippen molar-refractivity contribution in [2.75, 3.05) is 0 Å². The predicted octanol–water partition coefficient (Wildman–Crippen LogP) is 4.33. The molecule has 2 rings (SSSR count). The summed E-state index contributed by atoms with van der Waals surface area (Å²) in [4.78, 5) is 12.3. The summed E-state index contributed by atoms with van der Waals surface area (Å²) >= 11 is 13.4. The smallest absolute Gasteiger partial charge is 0.266 e. The number of amides is 1. The number of hydrogen-bond acceptors (Lipinski definition) is 3. The van der Waals surface area contributed by atoms with Crippen molar-refractivity contribution in [1.82, 2.24) is 5.43 Å². The van der Waals surface area contributed by atoms with Gasteiger partial charge < -0.3 is 0 Å². The van der Waals surface area contributed by atoms with E-state index in [0.717, 1.165) is 15.8 Å². The summed E-state index contributed by atoms with van der Waals surface area (Å²) in [5, 5.41) is 5.75. The van der Waals surface area contributed by atoms with Gasteiger partial charge >= 0.3 is 0 Å². The molecule has 1 heterocycles. The first-order valence-corrected chi connectivity index (χ1v) is 6.75. The molecule has 0 bridgehead atoms. The number of nitrogens with one attached hydrogen (secondary N) is 1. The van der Waals surface area contributed by atoms with Crippen LogP contribution in [0.1, 0.15) is 23.5 Å². The van der Waals surface area contributed by atoms with Crippen molar-refractivity contribution in [3.05, 3.63) is 33.1 Å². The Hall–Kier alpha value is -1.10. The van der Waals surface area contributed by atoms with Crippen LogP contribution < -0.4 is 5.43 Å². The van der Waals surface area contributed by atoms with Crippen LogP contribution in [0.3, 0.4) is 0 Å². The topological polar surface area (TPSA) is 41.5 Å². The maximum Gasteiger partial charge on any atom is 0.283 e. The molecule has 1 aromatic heterocycles. The highest BCUT2D eigenvalue weighted by Crippen LogP contribution is 2.36. The SMILES string of the molecule is CC(C)=NNC(=O)c1sc2cc(Cl)ccc2c1Cl. The zero-order valence-corrected chi connectivity index (χ0v) is 12.1. The standard InChI is InChI=1S/C12H10Cl2N2OS/c1-6(2)15-16-12(17)11-10(14)8-4-3-7(13)5-9(8)18-11/h3-5H,1-2H3,(H,16,17). The Morgan fingerprint density at radius 3 is 2.72 bits per heavy atom. The highest BCUT2D eigenvalue weighted by molar-refractivity contribution is 7.21. The number of carbonyl (C=O) groups is 1. The molecule has 0 atom stereocenters. The van der Waals surface area contributed by atoms with Crippen LogP contribution in [0.15, 0.2) is 23.3 Å². The highest BCUT2D eigenvalue weighted by Gasteiger charge is 2.16. The Kier molecular flexibility index (Phi) is 3.90. The Morgan fingerprint density at radius 2 is 2.06 bits per heavy atom. The van der Waals surface area contributed by atoms with Gasteiger partial charge in [0.2, 0.25) is 0 Å². The third-order valence-electron chi connectivity index (χ3n) is 2.18. The summed E-state index contributed by atoms with van der Waals surface area (Å²) in [6.07, 6.45) is 0. The second-order valence-corrected chi connectivity index (χ2v) is 5.75. The maximum absolute atomic E-state index is 11.9. The molecule has 0 aliphatic rings. The molecule has 0 aliphatic carbocycles. The molecular weight excluding hydrogens is 291 g/mol. The molecule has 0 fully saturated rings. The van der Waals surface area contributed by atoms with E-state index in [1.54, 1.807) is 26.0 Å². The summed E-state index contributed by atoms with van der Waals surface area (Å²) in [7, 11) is 0. The van der Waals surface area contributed by atoms with Crippen LogP contribution in [-0.2, 0) is 0 Å². The lowest BCUT2D eigenvalue weighted by atomic mass is 10.2. The number of fused-ring (bicyclic) bond motifs is 1. The molecule has 3 nitrogen and oxygen atoms in total. The largest absolute Gasteiger partial charge is 0.283 e. The van der Waals surface area contributed by atoms with Crippen LogP contribution in [0.2, 0.25) is 10.0 Å². The van der Waals surface area contributed by atoms with E-state index in [-0.39, 0.29) is 5.91 Å². The number of nitrogens with zero attached hydrogens (tertiary/aromatic N) is 1. The molecular formula is C12H10Cl2N2OS. The van der Waals surface area contributed by atoms with Gasteiger partial charge in [-0.2, -0.15) is 5.10 Å². The van der Waals surface area contributed by atoms with Crippen molar-refractivity contribution >= 4 is 56.2 Å². The Morgan fingerprint density at radius 1 is 1.33 bits per heavy atom. The molecule has 1 N–H and O–H groups in total. The number of benzene rings is 1. The first kappa shape index (κ1) is 13.3. The van der Waals surface area contributed by atoms with Crippen LogP contribution in [0.5, 0.6) is 0 Å². The first-order valence-electron chi connectivity index (χ1n) is 5.18. The van der Waals surface area contributed by atoms with Gasteiger partial charge in [0.1, 0.15) is 4.88 Å². The summed E-state index contributed by atoms with van der Waals surface area (Å²) in [5.41, 5.74) is 3.22. The van der Waals surface area contributed by atoms with Gasteiger partial charge in [-0.05, 0) is 26.0 Å². The summed E-state index contributed by atoms with van der Waals surface area (Å²) in [5.74, 6) is -0.307. The van der Waals surface area contributed by atoms with Crippen molar-refractivity contribution in [2.24, 2.45) is 5.10 Å². The first-order chi connectivity index (χ1) is 8.49. The third kappa shape index (κ3) is 2.66. The lowest BCUT2D eigenvalue weighted by molar-refractivity contribution is 0.0959. The molecule has 0 spiro atoms. The quantitative estimate of drug-likeness (QED) is 0.651. The molecule has 2 aromatic rings. The van der Waals surface area contributed by atoms with Crippen LogP contribution >= 0.6 is 34.5 Å². The molecule has 0 aliphatic heterocycles. The van der Waals surface area contributed by atoms with E-state index in [0.29, 0.717) is 14.9 Å². The van der Waals surface area contributed by atoms with Gasteiger partial charge in [0.05, 0.1) is 5.02 Å². The lowest BCUT2D eigenvalue weighted by Crippen LogP contribution is -2.17. The van der Waals surface area contributed by atoms with Gasteiger partial charge in [0, 0.05) is 20.8 Å². The fraction of sp³-hybridized carbons (Fsp3) is 0.167. The Bertz CT molecular complexity index is 645. The monoisotopic (exact) mass is 300 g/mol. The number of halogens is 2. The minimum Gasteiger partial charge on any atom is -0.266 e. The minimum atomic E-state index is -0.307. The van der Waals surface area contributed by atoms with E-state index in [1.165, 1.54) is 11.3 Å². The molecule has 0 saturated carbocycles. The number of carbonyl (C=O) groups excluding carboxylic acids is 1. The zero-order valence-electron chi connectivity index (χ0n) is 9.75. The summed E-state index contributed by atoms with van der Waals surface area (Å²) in [6, 6.07) is 5.35. The fourth-order valence-electron chi connectivity index (χ4n) is 1.40. The van der Waals surface area contributed by atoms with Gasteiger partial charge in [-0.15, -0.1) is 11.3 Å². The maximum atomic E-state index is 11.9. The van der Waals surface area contributed by atoms with E-state index >= 15 is 0 Å². The number of hydrazone groups is 1. The molecule has 94 valence electrons. The van der Waals surface area contributed by atoms with Gasteiger partial charge in [-0.25, -0.2) is 5.43 Å². The number of hydrogen-bond donors (Lipinski definition) is 1. The molecule has 1 aromatic carbocycles. The second-order valence-electron chi connectivity index (χ2n) is 3.89. The van der Waals surface area contributed by atoms with Crippen LogP contribution in [0.4, 0.5) is 0 Å². The number of rotatable bonds is 2. The van der Waals surface area contributed by atoms with Crippen LogP contribution in [-0.4, -0.2) is 11.6 Å².